The minimum atomic E-state index is -0.780. The highest BCUT2D eigenvalue weighted by atomic mass is 32.2. The number of rotatable bonds is 8. The van der Waals surface area contributed by atoms with Gasteiger partial charge in [0.2, 0.25) is 0 Å². The summed E-state index contributed by atoms with van der Waals surface area (Å²) in [5.41, 5.74) is 0. The Hall–Kier alpha value is -0.660. The van der Waals surface area contributed by atoms with Gasteiger partial charge in [-0.05, 0) is 5.23 Å². The van der Waals surface area contributed by atoms with Gasteiger partial charge in [0, 0.05) is 21.3 Å². The minimum Gasteiger partial charge on any atom is -0.392 e. The fourth-order valence-electron chi connectivity index (χ4n) is 2.34. The van der Waals surface area contributed by atoms with Gasteiger partial charge in [0.25, 0.3) is 0 Å². The first kappa shape index (κ1) is 18.4. The second-order valence-electron chi connectivity index (χ2n) is 4.51. The third-order valence-corrected chi connectivity index (χ3v) is 4.24. The number of hydrogen-bond donors (Lipinski definition) is 0. The third-order valence-electron chi connectivity index (χ3n) is 3.27. The Kier molecular flexibility index (Phi) is 8.21. The van der Waals surface area contributed by atoms with Crippen molar-refractivity contribution in [2.75, 3.05) is 33.7 Å². The van der Waals surface area contributed by atoms with Crippen molar-refractivity contribution >= 4 is 21.2 Å². The van der Waals surface area contributed by atoms with Gasteiger partial charge >= 0.3 is 0 Å². The smallest absolute Gasteiger partial charge is 0.187 e. The summed E-state index contributed by atoms with van der Waals surface area (Å²) in [7, 11) is 3.92. The molecule has 5 atom stereocenters. The molecule has 1 aliphatic rings. The number of ether oxygens (including phenoxy) is 5. The van der Waals surface area contributed by atoms with E-state index in [9.17, 15) is 4.79 Å². The van der Waals surface area contributed by atoms with E-state index in [1.807, 2.05) is 5.23 Å². The van der Waals surface area contributed by atoms with Crippen molar-refractivity contribution in [2.24, 2.45) is 0 Å². The summed E-state index contributed by atoms with van der Waals surface area (Å²) in [5, 5.41) is 1.87. The van der Waals surface area contributed by atoms with Crippen LogP contribution in [-0.2, 0) is 38.6 Å². The molecule has 4 unspecified atom stereocenters. The maximum absolute atomic E-state index is 10.7. The van der Waals surface area contributed by atoms with Crippen LogP contribution in [0, 0.1) is 0 Å². The summed E-state index contributed by atoms with van der Waals surface area (Å²) in [6.07, 6.45) is -0.587. The van der Waals surface area contributed by atoms with Gasteiger partial charge in [-0.2, -0.15) is 0 Å². The van der Waals surface area contributed by atoms with Crippen molar-refractivity contribution in [1.82, 2.24) is 0 Å². The Labute approximate surface area is 127 Å². The molecule has 0 aliphatic carbocycles. The molecule has 0 aromatic heterocycles. The molecule has 1 saturated heterocycles. The van der Waals surface area contributed by atoms with Crippen LogP contribution in [-0.4, -0.2) is 75.5 Å². The van der Waals surface area contributed by atoms with E-state index in [1.54, 1.807) is 27.4 Å². The lowest BCUT2D eigenvalue weighted by atomic mass is 9.99. The van der Waals surface area contributed by atoms with E-state index in [4.69, 9.17) is 23.7 Å². The molecule has 0 amide bonds. The van der Waals surface area contributed by atoms with Crippen molar-refractivity contribution in [3.63, 3.8) is 0 Å². The van der Waals surface area contributed by atoms with E-state index in [2.05, 4.69) is 12.4 Å². The zero-order valence-corrected chi connectivity index (χ0v) is 13.5. The Morgan fingerprint density at radius 3 is 2.29 bits per heavy atom. The zero-order chi connectivity index (χ0) is 15.8. The van der Waals surface area contributed by atoms with Gasteiger partial charge in [0.15, 0.2) is 6.29 Å². The molecule has 0 saturated carbocycles. The molecule has 0 N–H and O–H groups in total. The normalized spacial score (nSPS) is 32.9. The Balaban J connectivity index is 2.99. The fraction of sp³-hybridized carbons (Fsp3) is 0.714. The fourth-order valence-corrected chi connectivity index (χ4v) is 3.08. The summed E-state index contributed by atoms with van der Waals surface area (Å²) in [6, 6.07) is 0. The molecule has 1 aliphatic heterocycles. The number of hydrogen-bond acceptors (Lipinski definition) is 7. The molecule has 1 fully saturated rings. The van der Waals surface area contributed by atoms with Gasteiger partial charge in [-0.3, -0.25) is 4.79 Å². The van der Waals surface area contributed by atoms with Gasteiger partial charge in [0.05, 0.1) is 12.7 Å². The second-order valence-corrected chi connectivity index (χ2v) is 5.99. The zero-order valence-electron chi connectivity index (χ0n) is 12.7. The quantitative estimate of drug-likeness (QED) is 0.359. The molecule has 0 aromatic carbocycles. The molecule has 7 heteroatoms. The summed E-state index contributed by atoms with van der Waals surface area (Å²) in [6.45, 7) is 3.93. The first-order valence-electron chi connectivity index (χ1n) is 6.47. The van der Waals surface area contributed by atoms with Crippen LogP contribution in [0.5, 0.6) is 0 Å². The molecule has 6 nitrogen and oxygen atoms in total. The molecule has 0 aromatic rings. The van der Waals surface area contributed by atoms with Crippen molar-refractivity contribution < 1.29 is 28.5 Å². The van der Waals surface area contributed by atoms with Gasteiger partial charge in [-0.25, -0.2) is 5.87 Å². The van der Waals surface area contributed by atoms with E-state index >= 15 is 0 Å². The van der Waals surface area contributed by atoms with E-state index in [1.165, 1.54) is 0 Å². The highest BCUT2D eigenvalue weighted by Crippen LogP contribution is 2.28. The molecular weight excluding hydrogens is 296 g/mol. The average Bonchev–Trinajstić information content (AvgIpc) is 2.51. The lowest BCUT2D eigenvalue weighted by Gasteiger charge is -2.45. The summed E-state index contributed by atoms with van der Waals surface area (Å²) in [5.74, 6) is 4.13. The van der Waals surface area contributed by atoms with Crippen LogP contribution in [0.15, 0.2) is 12.7 Å². The Bertz CT molecular complexity index is 427. The summed E-state index contributed by atoms with van der Waals surface area (Å²) in [4.78, 5) is 10.7. The molecule has 1 rings (SSSR count). The van der Waals surface area contributed by atoms with E-state index in [0.717, 1.165) is 0 Å². The lowest BCUT2D eigenvalue weighted by Crippen LogP contribution is -2.61. The molecule has 1 heterocycles. The number of methoxy groups -OCH3 is 3. The number of carbonyl (C=O) groups excluding carboxylic acids is 1. The predicted octanol–water partition coefficient (Wildman–Crippen LogP) is 0.0764. The Morgan fingerprint density at radius 1 is 1.19 bits per heavy atom. The van der Waals surface area contributed by atoms with E-state index in [-0.39, 0.29) is 18.3 Å². The lowest BCUT2D eigenvalue weighted by molar-refractivity contribution is -0.301. The van der Waals surface area contributed by atoms with E-state index in [0.29, 0.717) is 12.4 Å². The SMILES string of the molecule is C=CCOC1OC(C[S-](=C)=C=O)[C@H](OC)C(OC)C1OC. The molecule has 0 radical (unpaired) electrons. The highest BCUT2D eigenvalue weighted by Gasteiger charge is 2.46. The van der Waals surface area contributed by atoms with Gasteiger partial charge in [0.1, 0.15) is 18.3 Å². The average molecular weight is 319 g/mol. The van der Waals surface area contributed by atoms with Crippen LogP contribution in [0.2, 0.25) is 0 Å². The summed E-state index contributed by atoms with van der Waals surface area (Å²) < 4.78 is 27.9. The van der Waals surface area contributed by atoms with Crippen LogP contribution < -0.4 is 0 Å². The maximum atomic E-state index is 10.7. The largest absolute Gasteiger partial charge is 0.392 e. The molecule has 0 bridgehead atoms. The first-order chi connectivity index (χ1) is 10.1. The van der Waals surface area contributed by atoms with Crippen LogP contribution in [0.1, 0.15) is 0 Å². The van der Waals surface area contributed by atoms with Gasteiger partial charge in [-0.1, -0.05) is 11.8 Å². The minimum absolute atomic E-state index is 0.321. The second kappa shape index (κ2) is 9.38. The Morgan fingerprint density at radius 2 is 1.81 bits per heavy atom. The molecule has 21 heavy (non-hydrogen) atoms. The molecular formula is C14H23O6S-. The van der Waals surface area contributed by atoms with Crippen LogP contribution in [0.4, 0.5) is 0 Å². The first-order valence-corrected chi connectivity index (χ1v) is 8.03. The summed E-state index contributed by atoms with van der Waals surface area (Å²) >= 11 is 0. The van der Waals surface area contributed by atoms with Crippen molar-refractivity contribution in [2.45, 2.75) is 30.7 Å². The van der Waals surface area contributed by atoms with Crippen LogP contribution in [0.3, 0.4) is 0 Å². The van der Waals surface area contributed by atoms with Crippen LogP contribution in [0.25, 0.3) is 0 Å². The maximum Gasteiger partial charge on any atom is 0.187 e. The molecule has 0 spiro atoms. The monoisotopic (exact) mass is 319 g/mol. The standard InChI is InChI=1S/C14H23O6S/c1-6-7-19-14-13(18-4)12(17-3)11(16-2)10(20-14)8-21(5)9-15/h6,10-14H,1,5,7-8H2,2-4H3/q-1/t10?,11-,12?,13?,14?/m0/s1. The van der Waals surface area contributed by atoms with Crippen molar-refractivity contribution in [3.05, 3.63) is 12.7 Å². The predicted molar refractivity (Wildman–Crippen MR) is 82.2 cm³/mol. The van der Waals surface area contributed by atoms with Gasteiger partial charge in [-0.15, -0.1) is 6.58 Å². The topological polar surface area (TPSA) is 63.2 Å². The van der Waals surface area contributed by atoms with Crippen molar-refractivity contribution in [3.8, 4) is 0 Å². The van der Waals surface area contributed by atoms with Crippen molar-refractivity contribution in [1.29, 1.82) is 0 Å². The molecule has 122 valence electrons. The van der Waals surface area contributed by atoms with E-state index < -0.39 is 22.5 Å². The third kappa shape index (κ3) is 4.66. The van der Waals surface area contributed by atoms with Crippen LogP contribution >= 0.6 is 0 Å². The van der Waals surface area contributed by atoms with Gasteiger partial charge < -0.3 is 33.8 Å². The highest BCUT2D eigenvalue weighted by molar-refractivity contribution is 7.92.